The van der Waals surface area contributed by atoms with Gasteiger partial charge in [-0.3, -0.25) is 4.79 Å². The molecular weight excluding hydrogens is 355 g/mol. The van der Waals surface area contributed by atoms with Gasteiger partial charge in [0, 0.05) is 20.3 Å². The molecule has 5 unspecified atom stereocenters. The molecule has 4 saturated carbocycles. The zero-order valence-corrected chi connectivity index (χ0v) is 16.3. The summed E-state index contributed by atoms with van der Waals surface area (Å²) >= 11 is 0. The molecule has 4 nitrogen and oxygen atoms in total. The number of carbonyl (C=O) groups excluding carboxylic acids is 1. The van der Waals surface area contributed by atoms with Gasteiger partial charge in [0.2, 0.25) is 0 Å². The van der Waals surface area contributed by atoms with Gasteiger partial charge in [-0.15, -0.1) is 0 Å². The van der Waals surface area contributed by atoms with Gasteiger partial charge >= 0.3 is 0 Å². The molecule has 28 heavy (non-hydrogen) atoms. The molecule has 2 aromatic rings. The lowest BCUT2D eigenvalue weighted by molar-refractivity contribution is 0.0826. The van der Waals surface area contributed by atoms with E-state index in [9.17, 15) is 9.18 Å². The molecule has 0 saturated heterocycles. The standard InChI is InChI=1S/C23H25FN2O2/c1-26(2)23(27)17-11-20(24)22(25-12-17)28-18-5-3-14(4-6-18)21-16-8-13-7-15(10-16)19(21)9-13/h3-6,11-13,15-16,19,21H,7-10H2,1-2H3. The van der Waals surface area contributed by atoms with Gasteiger partial charge in [-0.1, -0.05) is 12.1 Å². The molecule has 0 N–H and O–H groups in total. The van der Waals surface area contributed by atoms with Crippen LogP contribution in [0.5, 0.6) is 11.6 Å². The minimum absolute atomic E-state index is 0.110. The van der Waals surface area contributed by atoms with E-state index >= 15 is 0 Å². The number of aromatic nitrogens is 1. The van der Waals surface area contributed by atoms with E-state index in [0.29, 0.717) is 11.7 Å². The highest BCUT2D eigenvalue weighted by Crippen LogP contribution is 2.64. The molecule has 0 spiro atoms. The van der Waals surface area contributed by atoms with Crippen LogP contribution >= 0.6 is 0 Å². The van der Waals surface area contributed by atoms with Crippen LogP contribution in [0.4, 0.5) is 4.39 Å². The third-order valence-electron chi connectivity index (χ3n) is 7.00. The van der Waals surface area contributed by atoms with Crippen molar-refractivity contribution in [1.82, 2.24) is 9.88 Å². The van der Waals surface area contributed by atoms with E-state index in [2.05, 4.69) is 17.1 Å². The third-order valence-corrected chi connectivity index (χ3v) is 7.00. The number of hydrogen-bond acceptors (Lipinski definition) is 3. The number of halogens is 1. The predicted octanol–water partition coefficient (Wildman–Crippen LogP) is 4.86. The second kappa shape index (κ2) is 6.57. The van der Waals surface area contributed by atoms with Gasteiger partial charge < -0.3 is 9.64 Å². The van der Waals surface area contributed by atoms with Crippen LogP contribution in [-0.4, -0.2) is 29.9 Å². The normalized spacial score (nSPS) is 29.9. The van der Waals surface area contributed by atoms with Gasteiger partial charge in [0.1, 0.15) is 5.75 Å². The Morgan fingerprint density at radius 2 is 1.86 bits per heavy atom. The summed E-state index contributed by atoms with van der Waals surface area (Å²) in [6.45, 7) is 0. The van der Waals surface area contributed by atoms with Crippen molar-refractivity contribution >= 4 is 5.91 Å². The first-order chi connectivity index (χ1) is 13.5. The van der Waals surface area contributed by atoms with Gasteiger partial charge in [0.15, 0.2) is 5.82 Å². The lowest BCUT2D eigenvalue weighted by Crippen LogP contribution is -2.22. The molecule has 1 aromatic carbocycles. The largest absolute Gasteiger partial charge is 0.436 e. The Morgan fingerprint density at radius 1 is 1.11 bits per heavy atom. The maximum atomic E-state index is 14.3. The van der Waals surface area contributed by atoms with Crippen LogP contribution in [0.2, 0.25) is 0 Å². The molecule has 4 aliphatic carbocycles. The molecular formula is C23H25FN2O2. The van der Waals surface area contributed by atoms with Crippen molar-refractivity contribution in [3.63, 3.8) is 0 Å². The molecule has 1 aromatic heterocycles. The molecule has 0 aliphatic heterocycles. The molecule has 4 bridgehead atoms. The summed E-state index contributed by atoms with van der Waals surface area (Å²) in [6.07, 6.45) is 6.98. The lowest BCUT2D eigenvalue weighted by Gasteiger charge is -2.32. The van der Waals surface area contributed by atoms with Crippen molar-refractivity contribution < 1.29 is 13.9 Å². The third kappa shape index (κ3) is 2.88. The number of rotatable bonds is 4. The number of nitrogens with zero attached hydrogens (tertiary/aromatic N) is 2. The number of hydrogen-bond donors (Lipinski definition) is 0. The highest BCUT2D eigenvalue weighted by molar-refractivity contribution is 5.93. The average molecular weight is 380 g/mol. The first-order valence-corrected chi connectivity index (χ1v) is 10.1. The monoisotopic (exact) mass is 380 g/mol. The van der Waals surface area contributed by atoms with Gasteiger partial charge in [-0.25, -0.2) is 9.37 Å². The fourth-order valence-corrected chi connectivity index (χ4v) is 6.00. The fourth-order valence-electron chi connectivity index (χ4n) is 6.00. The Kier molecular flexibility index (Phi) is 4.14. The molecule has 5 heteroatoms. The Morgan fingerprint density at radius 3 is 2.54 bits per heavy atom. The molecule has 6 rings (SSSR count). The van der Waals surface area contributed by atoms with E-state index in [4.69, 9.17) is 4.74 Å². The highest BCUT2D eigenvalue weighted by atomic mass is 19.1. The van der Waals surface area contributed by atoms with Crippen molar-refractivity contribution in [3.05, 3.63) is 53.5 Å². The molecule has 4 fully saturated rings. The number of benzene rings is 1. The van der Waals surface area contributed by atoms with E-state index in [1.165, 1.54) is 48.4 Å². The van der Waals surface area contributed by atoms with Gasteiger partial charge in [0.05, 0.1) is 5.56 Å². The summed E-state index contributed by atoms with van der Waals surface area (Å²) in [5, 5.41) is 0. The molecule has 1 heterocycles. The Bertz CT molecular complexity index is 907. The Labute approximate surface area is 164 Å². The smallest absolute Gasteiger partial charge is 0.255 e. The quantitative estimate of drug-likeness (QED) is 0.760. The van der Waals surface area contributed by atoms with Gasteiger partial charge in [0.25, 0.3) is 11.8 Å². The van der Waals surface area contributed by atoms with Crippen LogP contribution < -0.4 is 4.74 Å². The lowest BCUT2D eigenvalue weighted by atomic mass is 9.73. The predicted molar refractivity (Wildman–Crippen MR) is 104 cm³/mol. The minimum atomic E-state index is -0.637. The van der Waals surface area contributed by atoms with Crippen molar-refractivity contribution in [1.29, 1.82) is 0 Å². The maximum absolute atomic E-state index is 14.3. The van der Waals surface area contributed by atoms with Gasteiger partial charge in [-0.05, 0) is 79.0 Å². The highest BCUT2D eigenvalue weighted by Gasteiger charge is 2.53. The molecule has 1 amide bonds. The van der Waals surface area contributed by atoms with Gasteiger partial charge in [-0.2, -0.15) is 0 Å². The number of pyridine rings is 1. The number of amides is 1. The Hall–Kier alpha value is -2.43. The van der Waals surface area contributed by atoms with Crippen LogP contribution in [0.15, 0.2) is 36.5 Å². The topological polar surface area (TPSA) is 42.4 Å². The van der Waals surface area contributed by atoms with Crippen molar-refractivity contribution in [2.75, 3.05) is 14.1 Å². The van der Waals surface area contributed by atoms with Crippen molar-refractivity contribution in [2.24, 2.45) is 23.7 Å². The van der Waals surface area contributed by atoms with Crippen molar-refractivity contribution in [3.8, 4) is 11.6 Å². The zero-order valence-electron chi connectivity index (χ0n) is 16.3. The maximum Gasteiger partial charge on any atom is 0.255 e. The number of carbonyl (C=O) groups is 1. The Balaban J connectivity index is 1.31. The van der Waals surface area contributed by atoms with E-state index in [0.717, 1.165) is 23.7 Å². The first kappa shape index (κ1) is 17.7. The van der Waals surface area contributed by atoms with E-state index in [1.54, 1.807) is 14.1 Å². The van der Waals surface area contributed by atoms with Crippen LogP contribution in [-0.2, 0) is 0 Å². The second-order valence-corrected chi connectivity index (χ2v) is 8.90. The fraction of sp³-hybridized carbons (Fsp3) is 0.478. The molecule has 0 radical (unpaired) electrons. The minimum Gasteiger partial charge on any atom is -0.436 e. The summed E-state index contributed by atoms with van der Waals surface area (Å²) in [5.74, 6) is 3.83. The van der Waals surface area contributed by atoms with Crippen LogP contribution in [0.25, 0.3) is 0 Å². The summed E-state index contributed by atoms with van der Waals surface area (Å²) < 4.78 is 20.0. The summed E-state index contributed by atoms with van der Waals surface area (Å²) in [5.41, 5.74) is 1.60. The second-order valence-electron chi connectivity index (χ2n) is 8.90. The van der Waals surface area contributed by atoms with Crippen LogP contribution in [0.1, 0.15) is 47.5 Å². The van der Waals surface area contributed by atoms with Crippen molar-refractivity contribution in [2.45, 2.75) is 31.6 Å². The van der Waals surface area contributed by atoms with Crippen LogP contribution in [0, 0.1) is 29.5 Å². The zero-order chi connectivity index (χ0) is 19.4. The van der Waals surface area contributed by atoms with E-state index in [-0.39, 0.29) is 17.4 Å². The van der Waals surface area contributed by atoms with Crippen LogP contribution in [0.3, 0.4) is 0 Å². The summed E-state index contributed by atoms with van der Waals surface area (Å²) in [4.78, 5) is 17.3. The van der Waals surface area contributed by atoms with E-state index < -0.39 is 5.82 Å². The molecule has 146 valence electrons. The first-order valence-electron chi connectivity index (χ1n) is 10.1. The summed E-state index contributed by atoms with van der Waals surface area (Å²) in [6, 6.07) is 9.26. The average Bonchev–Trinajstić information content (AvgIpc) is 3.10. The molecule has 4 aliphatic rings. The molecule has 5 atom stereocenters. The SMILES string of the molecule is CN(C)C(=O)c1cnc(Oc2ccc(C3C4CC5CC(C4)C3C5)cc2)c(F)c1. The van der Waals surface area contributed by atoms with E-state index in [1.807, 2.05) is 12.1 Å². The summed E-state index contributed by atoms with van der Waals surface area (Å²) in [7, 11) is 3.24. The number of ether oxygens (including phenoxy) is 1.